The average molecular weight is 421 g/mol. The highest BCUT2D eigenvalue weighted by molar-refractivity contribution is 8.00. The second-order valence-electron chi connectivity index (χ2n) is 8.27. The third kappa shape index (κ3) is 9.44. The van der Waals surface area contributed by atoms with Crippen LogP contribution in [0.2, 0.25) is 0 Å². The first-order chi connectivity index (χ1) is 13.3. The lowest BCUT2D eigenvalue weighted by atomic mass is 9.97. The molecule has 1 saturated carbocycles. The molecule has 0 amide bonds. The molecule has 0 heterocycles. The fraction of sp³-hybridized carbons (Fsp3) is 0.952. The number of unbranched alkanes of at least 4 members (excludes halogenated alkanes) is 5. The molecule has 28 heavy (non-hydrogen) atoms. The van der Waals surface area contributed by atoms with Gasteiger partial charge in [-0.2, -0.15) is 11.8 Å². The van der Waals surface area contributed by atoms with Crippen molar-refractivity contribution in [3.8, 4) is 0 Å². The number of aliphatic carboxylic acids is 1. The van der Waals surface area contributed by atoms with Crippen molar-refractivity contribution >= 4 is 17.7 Å². The predicted octanol–water partition coefficient (Wildman–Crippen LogP) is 3.21. The fourth-order valence-corrected chi connectivity index (χ4v) is 5.70. The van der Waals surface area contributed by atoms with Gasteiger partial charge >= 0.3 is 5.97 Å². The number of hydrogen-bond donors (Lipinski definition) is 4. The smallest absolute Gasteiger partial charge is 0.303 e. The Bertz CT molecular complexity index is 435. The maximum absolute atomic E-state index is 10.9. The van der Waals surface area contributed by atoms with Crippen molar-refractivity contribution in [1.29, 1.82) is 0 Å². The molecule has 3 unspecified atom stereocenters. The number of carbonyl (C=O) groups is 1. The monoisotopic (exact) mass is 420 g/mol. The van der Waals surface area contributed by atoms with E-state index in [0.29, 0.717) is 25.0 Å². The molecule has 4 N–H and O–H groups in total. The largest absolute Gasteiger partial charge is 0.481 e. The Morgan fingerprint density at radius 3 is 2.46 bits per heavy atom. The maximum Gasteiger partial charge on any atom is 0.303 e. The maximum atomic E-state index is 10.9. The Kier molecular flexibility index (Phi) is 12.7. The molecule has 0 aromatic carbocycles. The molecule has 0 bridgehead atoms. The second kappa shape index (κ2) is 13.8. The summed E-state index contributed by atoms with van der Waals surface area (Å²) in [6.07, 6.45) is 7.57. The van der Waals surface area contributed by atoms with Gasteiger partial charge in [-0.25, -0.2) is 0 Å². The van der Waals surface area contributed by atoms with Crippen molar-refractivity contribution < 1.29 is 30.0 Å². The second-order valence-corrected chi connectivity index (χ2v) is 9.44. The Hall–Kier alpha value is -0.340. The highest BCUT2D eigenvalue weighted by Gasteiger charge is 2.42. The van der Waals surface area contributed by atoms with E-state index in [1.54, 1.807) is 18.9 Å². The van der Waals surface area contributed by atoms with Crippen LogP contribution in [0.3, 0.4) is 0 Å². The zero-order chi connectivity index (χ0) is 21.0. The van der Waals surface area contributed by atoms with Crippen molar-refractivity contribution in [3.05, 3.63) is 0 Å². The number of rotatable bonds is 16. The van der Waals surface area contributed by atoms with Gasteiger partial charge in [-0.05, 0) is 25.2 Å². The lowest BCUT2D eigenvalue weighted by Crippen LogP contribution is -2.39. The van der Waals surface area contributed by atoms with E-state index >= 15 is 0 Å². The summed E-state index contributed by atoms with van der Waals surface area (Å²) in [4.78, 5) is 10.6. The Balaban J connectivity index is 2.49. The third-order valence-electron chi connectivity index (χ3n) is 5.66. The number of ether oxygens (including phenoxy) is 1. The van der Waals surface area contributed by atoms with Crippen LogP contribution in [0, 0.1) is 5.92 Å². The van der Waals surface area contributed by atoms with Gasteiger partial charge < -0.3 is 25.2 Å². The number of carboxylic acids is 1. The highest BCUT2D eigenvalue weighted by atomic mass is 32.2. The minimum Gasteiger partial charge on any atom is -0.481 e. The molecular formula is C21H40O6S. The molecule has 1 fully saturated rings. The first-order valence-corrected chi connectivity index (χ1v) is 11.8. The van der Waals surface area contributed by atoms with Crippen LogP contribution in [0.25, 0.3) is 0 Å². The van der Waals surface area contributed by atoms with E-state index in [1.807, 2.05) is 0 Å². The van der Waals surface area contributed by atoms with Crippen LogP contribution in [0.5, 0.6) is 0 Å². The minimum absolute atomic E-state index is 0.0157. The summed E-state index contributed by atoms with van der Waals surface area (Å²) in [5.74, 6) is -0.246. The van der Waals surface area contributed by atoms with Gasteiger partial charge in [0, 0.05) is 31.0 Å². The quantitative estimate of drug-likeness (QED) is 0.284. The van der Waals surface area contributed by atoms with Gasteiger partial charge in [-0.3, -0.25) is 4.79 Å². The molecule has 0 saturated heterocycles. The Labute approximate surface area is 174 Å². The van der Waals surface area contributed by atoms with Crippen LogP contribution < -0.4 is 0 Å². The van der Waals surface area contributed by atoms with Gasteiger partial charge in [0.15, 0.2) is 0 Å². The van der Waals surface area contributed by atoms with Crippen molar-refractivity contribution in [1.82, 2.24) is 0 Å². The van der Waals surface area contributed by atoms with Crippen molar-refractivity contribution in [2.45, 2.75) is 101 Å². The van der Waals surface area contributed by atoms with Crippen LogP contribution >= 0.6 is 11.8 Å². The van der Waals surface area contributed by atoms with Gasteiger partial charge in [-0.1, -0.05) is 45.4 Å². The molecule has 0 spiro atoms. The summed E-state index contributed by atoms with van der Waals surface area (Å²) >= 11 is 1.56. The van der Waals surface area contributed by atoms with Crippen LogP contribution in [0.15, 0.2) is 0 Å². The van der Waals surface area contributed by atoms with E-state index in [2.05, 4.69) is 6.92 Å². The van der Waals surface area contributed by atoms with E-state index in [-0.39, 0.29) is 24.2 Å². The number of aliphatic hydroxyl groups is 3. The topological polar surface area (TPSA) is 107 Å². The molecule has 1 rings (SSSR count). The van der Waals surface area contributed by atoms with Crippen molar-refractivity contribution in [2.75, 3.05) is 19.5 Å². The molecule has 166 valence electrons. The minimum atomic E-state index is -0.900. The van der Waals surface area contributed by atoms with Crippen LogP contribution in [-0.4, -0.2) is 68.9 Å². The summed E-state index contributed by atoms with van der Waals surface area (Å²) in [7, 11) is 1.59. The van der Waals surface area contributed by atoms with Crippen LogP contribution in [0.1, 0.15) is 77.6 Å². The summed E-state index contributed by atoms with van der Waals surface area (Å²) in [5, 5.41) is 40.3. The van der Waals surface area contributed by atoms with Gasteiger partial charge in [0.1, 0.15) is 0 Å². The van der Waals surface area contributed by atoms with Crippen molar-refractivity contribution in [2.24, 2.45) is 5.92 Å². The summed E-state index contributed by atoms with van der Waals surface area (Å²) in [6.45, 7) is 2.41. The van der Waals surface area contributed by atoms with Gasteiger partial charge in [-0.15, -0.1) is 0 Å². The fourth-order valence-electron chi connectivity index (χ4n) is 4.07. The Morgan fingerprint density at radius 2 is 1.82 bits per heavy atom. The summed E-state index contributed by atoms with van der Waals surface area (Å²) in [5.41, 5.74) is -0.900. The lowest BCUT2D eigenvalue weighted by Gasteiger charge is -2.31. The first kappa shape index (κ1) is 25.7. The molecule has 6 nitrogen and oxygen atoms in total. The SMILES string of the molecule is CCCCCC(O)(COC)CS[C@H]1C(O)CC(O)[C@@H]1CCCCCCC(=O)O. The standard InChI is InChI=1S/C21H40O6S/c1-3-4-9-12-21(26,14-27-2)15-28-20-16(17(22)13-18(20)23)10-7-5-6-8-11-19(24)25/h16-18,20,22-23,26H,3-15H2,1-2H3,(H,24,25)/t16-,17?,18?,20+,21?/m0/s1. The van der Waals surface area contributed by atoms with Gasteiger partial charge in [0.25, 0.3) is 0 Å². The zero-order valence-corrected chi connectivity index (χ0v) is 18.3. The predicted molar refractivity (Wildman–Crippen MR) is 113 cm³/mol. The van der Waals surface area contributed by atoms with E-state index in [9.17, 15) is 20.1 Å². The number of methoxy groups -OCH3 is 1. The van der Waals surface area contributed by atoms with Gasteiger partial charge in [0.2, 0.25) is 0 Å². The first-order valence-electron chi connectivity index (χ1n) is 10.7. The molecule has 7 heteroatoms. The lowest BCUT2D eigenvalue weighted by molar-refractivity contribution is -0.137. The van der Waals surface area contributed by atoms with E-state index < -0.39 is 23.8 Å². The molecule has 0 radical (unpaired) electrons. The molecule has 0 aliphatic heterocycles. The van der Waals surface area contributed by atoms with Crippen molar-refractivity contribution in [3.63, 3.8) is 0 Å². The molecule has 1 aliphatic carbocycles. The van der Waals surface area contributed by atoms with E-state index in [1.165, 1.54) is 0 Å². The van der Waals surface area contributed by atoms with E-state index in [4.69, 9.17) is 9.84 Å². The number of carboxylic acid groups (broad SMARTS) is 1. The number of hydrogen-bond acceptors (Lipinski definition) is 6. The Morgan fingerprint density at radius 1 is 1.11 bits per heavy atom. The molecule has 1 aliphatic rings. The van der Waals surface area contributed by atoms with Crippen LogP contribution in [-0.2, 0) is 9.53 Å². The normalized spacial score (nSPS) is 27.0. The highest BCUT2D eigenvalue weighted by Crippen LogP contribution is 2.40. The molecule has 0 aromatic heterocycles. The molecular weight excluding hydrogens is 380 g/mol. The third-order valence-corrected chi connectivity index (χ3v) is 7.41. The number of thioether (sulfide) groups is 1. The van der Waals surface area contributed by atoms with Gasteiger partial charge in [0.05, 0.1) is 24.4 Å². The molecule has 5 atom stereocenters. The average Bonchev–Trinajstić information content (AvgIpc) is 2.89. The van der Waals surface area contributed by atoms with E-state index in [0.717, 1.165) is 44.9 Å². The summed E-state index contributed by atoms with van der Waals surface area (Å²) < 4.78 is 5.23. The summed E-state index contributed by atoms with van der Waals surface area (Å²) in [6, 6.07) is 0. The zero-order valence-electron chi connectivity index (χ0n) is 17.5. The molecule has 0 aromatic rings. The van der Waals surface area contributed by atoms with Crippen LogP contribution in [0.4, 0.5) is 0 Å². The number of aliphatic hydroxyl groups excluding tert-OH is 2.